The van der Waals surface area contributed by atoms with Crippen molar-refractivity contribution in [1.82, 2.24) is 9.47 Å². The number of amides is 1. The van der Waals surface area contributed by atoms with E-state index in [1.165, 1.54) is 0 Å². The Kier molecular flexibility index (Phi) is 6.52. The maximum atomic E-state index is 13.0. The summed E-state index contributed by atoms with van der Waals surface area (Å²) in [6.07, 6.45) is 1.78. The molecule has 0 saturated heterocycles. The fraction of sp³-hybridized carbons (Fsp3) is 0.182. The van der Waals surface area contributed by atoms with E-state index in [0.29, 0.717) is 19.5 Å². The highest BCUT2D eigenvalue weighted by Gasteiger charge is 2.17. The number of benzene rings is 2. The van der Waals surface area contributed by atoms with Gasteiger partial charge in [-0.25, -0.2) is 0 Å². The molecule has 0 bridgehead atoms. The molecule has 0 aliphatic rings. The number of nitro groups is 1. The van der Waals surface area contributed by atoms with E-state index in [2.05, 4.69) is 0 Å². The van der Waals surface area contributed by atoms with Crippen LogP contribution in [-0.4, -0.2) is 26.8 Å². The number of pyridine rings is 1. The van der Waals surface area contributed by atoms with Gasteiger partial charge >= 0.3 is 0 Å². The first-order valence-electron chi connectivity index (χ1n) is 9.23. The summed E-state index contributed by atoms with van der Waals surface area (Å²) in [6.45, 7) is 0.625. The van der Waals surface area contributed by atoms with Crippen LogP contribution >= 0.6 is 0 Å². The van der Waals surface area contributed by atoms with Crippen LogP contribution in [0.15, 0.2) is 83.8 Å². The van der Waals surface area contributed by atoms with Crippen LogP contribution in [0.2, 0.25) is 0 Å². The van der Waals surface area contributed by atoms with E-state index in [1.54, 1.807) is 4.90 Å². The predicted molar refractivity (Wildman–Crippen MR) is 109 cm³/mol. The average molecular weight is 391 g/mol. The molecule has 0 N–H and O–H groups in total. The molecule has 7 heteroatoms. The number of aromatic nitrogens is 1. The third kappa shape index (κ3) is 5.62. The third-order valence-electron chi connectivity index (χ3n) is 4.57. The van der Waals surface area contributed by atoms with Gasteiger partial charge in [-0.3, -0.25) is 24.3 Å². The highest BCUT2D eigenvalue weighted by atomic mass is 16.6. The van der Waals surface area contributed by atoms with Gasteiger partial charge in [-0.15, -0.1) is 0 Å². The van der Waals surface area contributed by atoms with Crippen molar-refractivity contribution < 1.29 is 9.72 Å². The summed E-state index contributed by atoms with van der Waals surface area (Å²) in [5.41, 5.74) is 1.40. The second-order valence-electron chi connectivity index (χ2n) is 6.65. The number of nitrogens with zero attached hydrogens (tertiary/aromatic N) is 3. The van der Waals surface area contributed by atoms with Crippen LogP contribution in [0.5, 0.6) is 0 Å². The van der Waals surface area contributed by atoms with E-state index in [-0.39, 0.29) is 18.1 Å². The Morgan fingerprint density at radius 2 is 1.55 bits per heavy atom. The average Bonchev–Trinajstić information content (AvgIpc) is 2.74. The van der Waals surface area contributed by atoms with Gasteiger partial charge < -0.3 is 4.90 Å². The molecule has 0 fully saturated rings. The van der Waals surface area contributed by atoms with Gasteiger partial charge in [0.05, 0.1) is 11.1 Å². The highest BCUT2D eigenvalue weighted by molar-refractivity contribution is 5.76. The zero-order valence-electron chi connectivity index (χ0n) is 15.8. The summed E-state index contributed by atoms with van der Waals surface area (Å²) in [5.74, 6) is -0.271. The minimum absolute atomic E-state index is 0.226. The Hall–Kier alpha value is -3.74. The van der Waals surface area contributed by atoms with E-state index >= 15 is 0 Å². The molecule has 0 atom stereocenters. The summed E-state index contributed by atoms with van der Waals surface area (Å²) in [7, 11) is 0. The van der Waals surface area contributed by atoms with Gasteiger partial charge in [-0.05, 0) is 17.5 Å². The van der Waals surface area contributed by atoms with Crippen LogP contribution in [0.4, 0.5) is 5.69 Å². The molecule has 0 aliphatic carbocycles. The largest absolute Gasteiger partial charge is 0.336 e. The molecule has 1 aromatic heterocycles. The molecule has 2 aromatic carbocycles. The van der Waals surface area contributed by atoms with Crippen molar-refractivity contribution >= 4 is 11.6 Å². The van der Waals surface area contributed by atoms with Gasteiger partial charge in [0.15, 0.2) is 0 Å². The van der Waals surface area contributed by atoms with Gasteiger partial charge in [0, 0.05) is 25.2 Å². The minimum atomic E-state index is -0.586. The number of carbonyl (C=O) groups excluding carboxylic acids is 1. The zero-order valence-corrected chi connectivity index (χ0v) is 15.8. The third-order valence-corrected chi connectivity index (χ3v) is 4.57. The summed E-state index contributed by atoms with van der Waals surface area (Å²) >= 11 is 0. The van der Waals surface area contributed by atoms with Crippen LogP contribution in [0.1, 0.15) is 11.1 Å². The molecule has 3 aromatic rings. The topological polar surface area (TPSA) is 85.5 Å². The van der Waals surface area contributed by atoms with E-state index in [1.807, 2.05) is 60.7 Å². The van der Waals surface area contributed by atoms with Crippen LogP contribution in [0.3, 0.4) is 0 Å². The van der Waals surface area contributed by atoms with Crippen LogP contribution in [0, 0.1) is 10.1 Å². The van der Waals surface area contributed by atoms with Crippen molar-refractivity contribution in [2.45, 2.75) is 19.5 Å². The smallest absolute Gasteiger partial charge is 0.285 e. The standard InChI is InChI=1S/C22H21N3O4/c26-21-12-11-20(25(28)29)16-24(21)17-22(27)23(15-19-9-5-2-6-10-19)14-13-18-7-3-1-4-8-18/h1-12,16H,13-15,17H2. The van der Waals surface area contributed by atoms with Crippen molar-refractivity contribution in [2.75, 3.05) is 6.54 Å². The predicted octanol–water partition coefficient (Wildman–Crippen LogP) is 3.03. The molecule has 0 aliphatic heterocycles. The first-order valence-corrected chi connectivity index (χ1v) is 9.23. The fourth-order valence-electron chi connectivity index (χ4n) is 3.00. The Bertz CT molecular complexity index is 1030. The number of carbonyl (C=O) groups is 1. The summed E-state index contributed by atoms with van der Waals surface area (Å²) < 4.78 is 1.08. The normalized spacial score (nSPS) is 10.5. The van der Waals surface area contributed by atoms with E-state index in [9.17, 15) is 19.7 Å². The van der Waals surface area contributed by atoms with Crippen molar-refractivity contribution in [3.05, 3.63) is 111 Å². The molecule has 0 radical (unpaired) electrons. The molecule has 0 unspecified atom stereocenters. The molecule has 0 spiro atoms. The Morgan fingerprint density at radius 1 is 0.931 bits per heavy atom. The second-order valence-corrected chi connectivity index (χ2v) is 6.65. The molecule has 148 valence electrons. The van der Waals surface area contributed by atoms with Gasteiger partial charge in [0.25, 0.3) is 11.2 Å². The molecule has 1 heterocycles. The van der Waals surface area contributed by atoms with Crippen LogP contribution in [0.25, 0.3) is 0 Å². The Labute approximate surface area is 168 Å². The number of hydrogen-bond donors (Lipinski definition) is 0. The van der Waals surface area contributed by atoms with Gasteiger partial charge in [0.1, 0.15) is 6.54 Å². The lowest BCUT2D eigenvalue weighted by Crippen LogP contribution is -2.37. The van der Waals surface area contributed by atoms with Gasteiger partial charge in [0.2, 0.25) is 5.91 Å². The SMILES string of the molecule is O=C(Cn1cc([N+](=O)[O-])ccc1=O)N(CCc1ccccc1)Cc1ccccc1. The summed E-state index contributed by atoms with van der Waals surface area (Å²) in [6, 6.07) is 21.6. The maximum absolute atomic E-state index is 13.0. The van der Waals surface area contributed by atoms with Crippen LogP contribution < -0.4 is 5.56 Å². The Balaban J connectivity index is 1.78. The van der Waals surface area contributed by atoms with Crippen molar-refractivity contribution in [2.24, 2.45) is 0 Å². The summed E-state index contributed by atoms with van der Waals surface area (Å²) in [5, 5.41) is 11.0. The van der Waals surface area contributed by atoms with E-state index < -0.39 is 10.5 Å². The lowest BCUT2D eigenvalue weighted by Gasteiger charge is -2.23. The molecule has 29 heavy (non-hydrogen) atoms. The Morgan fingerprint density at radius 3 is 2.17 bits per heavy atom. The molecular weight excluding hydrogens is 370 g/mol. The molecular formula is C22H21N3O4. The van der Waals surface area contributed by atoms with Gasteiger partial charge in [-0.1, -0.05) is 60.7 Å². The fourth-order valence-corrected chi connectivity index (χ4v) is 3.00. The molecule has 3 rings (SSSR count). The quantitative estimate of drug-likeness (QED) is 0.436. The zero-order chi connectivity index (χ0) is 20.6. The van der Waals surface area contributed by atoms with Crippen molar-refractivity contribution in [3.63, 3.8) is 0 Å². The van der Waals surface area contributed by atoms with Gasteiger partial charge in [-0.2, -0.15) is 0 Å². The van der Waals surface area contributed by atoms with E-state index in [0.717, 1.165) is 34.0 Å². The van der Waals surface area contributed by atoms with Crippen LogP contribution in [-0.2, 0) is 24.3 Å². The minimum Gasteiger partial charge on any atom is -0.336 e. The molecule has 0 saturated carbocycles. The lowest BCUT2D eigenvalue weighted by molar-refractivity contribution is -0.385. The maximum Gasteiger partial charge on any atom is 0.285 e. The highest BCUT2D eigenvalue weighted by Crippen LogP contribution is 2.10. The van der Waals surface area contributed by atoms with Crippen molar-refractivity contribution in [3.8, 4) is 0 Å². The second kappa shape index (κ2) is 9.45. The first-order chi connectivity index (χ1) is 14.0. The van der Waals surface area contributed by atoms with Crippen molar-refractivity contribution in [1.29, 1.82) is 0 Å². The summed E-state index contributed by atoms with van der Waals surface area (Å²) in [4.78, 5) is 37.1. The molecule has 7 nitrogen and oxygen atoms in total. The monoisotopic (exact) mass is 391 g/mol. The number of rotatable bonds is 8. The lowest BCUT2D eigenvalue weighted by atomic mass is 10.1. The molecule has 1 amide bonds. The van der Waals surface area contributed by atoms with E-state index in [4.69, 9.17) is 0 Å². The number of hydrogen-bond acceptors (Lipinski definition) is 4. The first kappa shape index (κ1) is 20.0.